The summed E-state index contributed by atoms with van der Waals surface area (Å²) in [4.78, 5) is 4.80. The highest BCUT2D eigenvalue weighted by molar-refractivity contribution is 5.91. The van der Waals surface area contributed by atoms with Gasteiger partial charge in [-0.15, -0.1) is 0 Å². The van der Waals surface area contributed by atoms with Crippen molar-refractivity contribution in [1.29, 1.82) is 0 Å². The van der Waals surface area contributed by atoms with Crippen molar-refractivity contribution >= 4 is 10.8 Å². The van der Waals surface area contributed by atoms with Crippen molar-refractivity contribution in [3.05, 3.63) is 65.4 Å². The maximum absolute atomic E-state index is 4.80. The standard InChI is InChI=1S/C18H17N/c1-12-8-10-15(11-9-12)18-13(2)16-6-4-5-7-17(16)14(3)19-18/h4-11H,1-3H3. The van der Waals surface area contributed by atoms with Gasteiger partial charge < -0.3 is 0 Å². The lowest BCUT2D eigenvalue weighted by molar-refractivity contribution is 1.21. The van der Waals surface area contributed by atoms with Crippen LogP contribution in [-0.4, -0.2) is 4.98 Å². The number of nitrogens with zero attached hydrogens (tertiary/aromatic N) is 1. The number of fused-ring (bicyclic) bond motifs is 1. The minimum atomic E-state index is 1.09. The van der Waals surface area contributed by atoms with E-state index in [1.807, 2.05) is 0 Å². The van der Waals surface area contributed by atoms with Crippen LogP contribution in [0.2, 0.25) is 0 Å². The van der Waals surface area contributed by atoms with Gasteiger partial charge >= 0.3 is 0 Å². The molecule has 0 radical (unpaired) electrons. The van der Waals surface area contributed by atoms with E-state index >= 15 is 0 Å². The molecule has 1 nitrogen and oxygen atoms in total. The van der Waals surface area contributed by atoms with Crippen LogP contribution < -0.4 is 0 Å². The molecule has 0 saturated heterocycles. The summed E-state index contributed by atoms with van der Waals surface area (Å²) in [6, 6.07) is 17.1. The molecule has 0 saturated carbocycles. The van der Waals surface area contributed by atoms with Gasteiger partial charge in [0.05, 0.1) is 5.69 Å². The van der Waals surface area contributed by atoms with Crippen LogP contribution in [0.1, 0.15) is 16.8 Å². The molecule has 1 heterocycles. The molecule has 0 N–H and O–H groups in total. The molecule has 1 aromatic heterocycles. The average molecular weight is 247 g/mol. The Hall–Kier alpha value is -2.15. The number of aryl methyl sites for hydroxylation is 3. The Balaban J connectivity index is 2.30. The van der Waals surface area contributed by atoms with E-state index in [1.165, 1.54) is 27.5 Å². The van der Waals surface area contributed by atoms with Crippen molar-refractivity contribution in [2.45, 2.75) is 20.8 Å². The van der Waals surface area contributed by atoms with E-state index in [0.29, 0.717) is 0 Å². The second-order valence-electron chi connectivity index (χ2n) is 5.08. The second kappa shape index (κ2) is 4.51. The predicted octanol–water partition coefficient (Wildman–Crippen LogP) is 4.83. The molecule has 0 fully saturated rings. The SMILES string of the molecule is Cc1ccc(-c2nc(C)c3ccccc3c2C)cc1. The molecule has 0 unspecified atom stereocenters. The Morgan fingerprint density at radius 3 is 2.05 bits per heavy atom. The van der Waals surface area contributed by atoms with Gasteiger partial charge in [0, 0.05) is 16.6 Å². The zero-order valence-electron chi connectivity index (χ0n) is 11.6. The summed E-state index contributed by atoms with van der Waals surface area (Å²) in [6.07, 6.45) is 0. The van der Waals surface area contributed by atoms with E-state index in [9.17, 15) is 0 Å². The lowest BCUT2D eigenvalue weighted by Gasteiger charge is -2.11. The third kappa shape index (κ3) is 2.01. The zero-order valence-corrected chi connectivity index (χ0v) is 11.6. The largest absolute Gasteiger partial charge is 0.252 e. The molecular formula is C18H17N. The van der Waals surface area contributed by atoms with E-state index in [4.69, 9.17) is 4.98 Å². The van der Waals surface area contributed by atoms with Gasteiger partial charge in [-0.3, -0.25) is 4.98 Å². The minimum Gasteiger partial charge on any atom is -0.252 e. The highest BCUT2D eigenvalue weighted by Gasteiger charge is 2.09. The molecule has 19 heavy (non-hydrogen) atoms. The first-order valence-corrected chi connectivity index (χ1v) is 6.60. The molecule has 0 bridgehead atoms. The van der Waals surface area contributed by atoms with Gasteiger partial charge in [0.15, 0.2) is 0 Å². The summed E-state index contributed by atoms with van der Waals surface area (Å²) >= 11 is 0. The number of aromatic nitrogens is 1. The highest BCUT2D eigenvalue weighted by Crippen LogP contribution is 2.29. The minimum absolute atomic E-state index is 1.09. The van der Waals surface area contributed by atoms with Crippen molar-refractivity contribution in [3.8, 4) is 11.3 Å². The van der Waals surface area contributed by atoms with Gasteiger partial charge in [-0.2, -0.15) is 0 Å². The zero-order chi connectivity index (χ0) is 13.4. The summed E-state index contributed by atoms with van der Waals surface area (Å²) in [5.41, 5.74) is 5.91. The lowest BCUT2D eigenvalue weighted by atomic mass is 9.99. The van der Waals surface area contributed by atoms with E-state index in [1.54, 1.807) is 0 Å². The van der Waals surface area contributed by atoms with Crippen molar-refractivity contribution in [1.82, 2.24) is 4.98 Å². The number of rotatable bonds is 1. The van der Waals surface area contributed by atoms with Gasteiger partial charge in [0.25, 0.3) is 0 Å². The van der Waals surface area contributed by atoms with Crippen LogP contribution in [0.4, 0.5) is 0 Å². The molecular weight excluding hydrogens is 230 g/mol. The fourth-order valence-electron chi connectivity index (χ4n) is 2.56. The van der Waals surface area contributed by atoms with Crippen LogP contribution in [-0.2, 0) is 0 Å². The van der Waals surface area contributed by atoms with Crippen LogP contribution in [0.15, 0.2) is 48.5 Å². The van der Waals surface area contributed by atoms with Gasteiger partial charge in [0.1, 0.15) is 0 Å². The highest BCUT2D eigenvalue weighted by atomic mass is 14.7. The quantitative estimate of drug-likeness (QED) is 0.600. The number of benzene rings is 2. The summed E-state index contributed by atoms with van der Waals surface area (Å²) in [6.45, 7) is 6.35. The predicted molar refractivity (Wildman–Crippen MR) is 81.4 cm³/mol. The number of hydrogen-bond donors (Lipinski definition) is 0. The fourth-order valence-corrected chi connectivity index (χ4v) is 2.56. The van der Waals surface area contributed by atoms with Gasteiger partial charge in [-0.25, -0.2) is 0 Å². The Morgan fingerprint density at radius 1 is 0.737 bits per heavy atom. The van der Waals surface area contributed by atoms with Crippen molar-refractivity contribution in [2.75, 3.05) is 0 Å². The smallest absolute Gasteiger partial charge is 0.0740 e. The number of hydrogen-bond acceptors (Lipinski definition) is 1. The van der Waals surface area contributed by atoms with Crippen molar-refractivity contribution in [3.63, 3.8) is 0 Å². The van der Waals surface area contributed by atoms with Crippen LogP contribution >= 0.6 is 0 Å². The van der Waals surface area contributed by atoms with Crippen LogP contribution in [0.3, 0.4) is 0 Å². The Bertz CT molecular complexity index is 739. The molecule has 2 aromatic carbocycles. The summed E-state index contributed by atoms with van der Waals surface area (Å²) in [5.74, 6) is 0. The first kappa shape index (κ1) is 11.9. The Morgan fingerprint density at radius 2 is 1.37 bits per heavy atom. The molecule has 0 aliphatic heterocycles. The summed E-state index contributed by atoms with van der Waals surface area (Å²) < 4.78 is 0. The number of pyridine rings is 1. The Labute approximate surface area is 113 Å². The second-order valence-corrected chi connectivity index (χ2v) is 5.08. The third-order valence-corrected chi connectivity index (χ3v) is 3.68. The van der Waals surface area contributed by atoms with Crippen LogP contribution in [0.25, 0.3) is 22.0 Å². The maximum atomic E-state index is 4.80. The molecule has 0 atom stereocenters. The van der Waals surface area contributed by atoms with E-state index < -0.39 is 0 Å². The Kier molecular flexibility index (Phi) is 2.83. The fraction of sp³-hybridized carbons (Fsp3) is 0.167. The van der Waals surface area contributed by atoms with E-state index in [-0.39, 0.29) is 0 Å². The molecule has 1 heteroatoms. The van der Waals surface area contributed by atoms with Gasteiger partial charge in [0.2, 0.25) is 0 Å². The van der Waals surface area contributed by atoms with Crippen LogP contribution in [0.5, 0.6) is 0 Å². The van der Waals surface area contributed by atoms with Gasteiger partial charge in [-0.1, -0.05) is 54.1 Å². The molecule has 0 spiro atoms. The lowest BCUT2D eigenvalue weighted by Crippen LogP contribution is -1.94. The first-order chi connectivity index (χ1) is 9.16. The molecule has 0 amide bonds. The van der Waals surface area contributed by atoms with Crippen molar-refractivity contribution < 1.29 is 0 Å². The molecule has 3 aromatic rings. The van der Waals surface area contributed by atoms with Gasteiger partial charge in [-0.05, 0) is 31.7 Å². The molecule has 3 rings (SSSR count). The molecule has 0 aliphatic rings. The van der Waals surface area contributed by atoms with E-state index in [0.717, 1.165) is 11.4 Å². The first-order valence-electron chi connectivity index (χ1n) is 6.60. The van der Waals surface area contributed by atoms with Crippen molar-refractivity contribution in [2.24, 2.45) is 0 Å². The average Bonchev–Trinajstić information content (AvgIpc) is 2.44. The monoisotopic (exact) mass is 247 g/mol. The molecule has 0 aliphatic carbocycles. The summed E-state index contributed by atoms with van der Waals surface area (Å²) in [5, 5.41) is 2.54. The normalized spacial score (nSPS) is 10.9. The van der Waals surface area contributed by atoms with E-state index in [2.05, 4.69) is 69.3 Å². The maximum Gasteiger partial charge on any atom is 0.0740 e. The summed E-state index contributed by atoms with van der Waals surface area (Å²) in [7, 11) is 0. The molecule has 94 valence electrons. The topological polar surface area (TPSA) is 12.9 Å². The third-order valence-electron chi connectivity index (χ3n) is 3.68. The van der Waals surface area contributed by atoms with Crippen LogP contribution in [0, 0.1) is 20.8 Å².